The summed E-state index contributed by atoms with van der Waals surface area (Å²) < 4.78 is 0. The number of aromatic nitrogens is 3. The molecule has 0 saturated carbocycles. The normalized spacial score (nSPS) is 10.5. The van der Waals surface area contributed by atoms with Crippen LogP contribution in [0.15, 0.2) is 11.6 Å². The molecule has 0 bridgehead atoms. The molecule has 0 saturated heterocycles. The van der Waals surface area contributed by atoms with E-state index in [2.05, 4.69) is 34.1 Å². The first-order valence-corrected chi connectivity index (χ1v) is 6.55. The molecule has 0 radical (unpaired) electrons. The molecule has 0 unspecified atom stereocenters. The Labute approximate surface area is 105 Å². The molecule has 0 amide bonds. The standard InChI is InChI=1S/C12H16N4S/c1-4-13-12-8(2)10(15-9(3)16-12)7-11-14-5-6-17-11/h5-6H,4,7H2,1-3H3,(H,13,15,16). The number of aryl methyl sites for hydroxylation is 1. The molecule has 0 aliphatic carbocycles. The number of hydrogen-bond donors (Lipinski definition) is 1. The van der Waals surface area contributed by atoms with Crippen LogP contribution in [0.4, 0.5) is 5.82 Å². The molecule has 2 aromatic rings. The first kappa shape index (κ1) is 12.0. The van der Waals surface area contributed by atoms with Gasteiger partial charge in [-0.15, -0.1) is 11.3 Å². The summed E-state index contributed by atoms with van der Waals surface area (Å²) in [5.41, 5.74) is 2.18. The molecule has 90 valence electrons. The first-order chi connectivity index (χ1) is 8.20. The van der Waals surface area contributed by atoms with E-state index in [1.165, 1.54) is 0 Å². The highest BCUT2D eigenvalue weighted by atomic mass is 32.1. The van der Waals surface area contributed by atoms with Gasteiger partial charge in [-0.2, -0.15) is 0 Å². The van der Waals surface area contributed by atoms with Gasteiger partial charge in [0, 0.05) is 30.1 Å². The zero-order chi connectivity index (χ0) is 12.3. The van der Waals surface area contributed by atoms with Crippen molar-refractivity contribution in [3.8, 4) is 0 Å². The molecule has 2 aromatic heterocycles. The SMILES string of the molecule is CCNc1nc(C)nc(Cc2nccs2)c1C. The van der Waals surface area contributed by atoms with Gasteiger partial charge in [0.25, 0.3) is 0 Å². The van der Waals surface area contributed by atoms with Crippen molar-refractivity contribution in [1.82, 2.24) is 15.0 Å². The second-order valence-electron chi connectivity index (χ2n) is 3.82. The van der Waals surface area contributed by atoms with Crippen LogP contribution in [0.25, 0.3) is 0 Å². The third-order valence-electron chi connectivity index (χ3n) is 2.50. The average molecular weight is 248 g/mol. The Hall–Kier alpha value is -1.49. The number of hydrogen-bond acceptors (Lipinski definition) is 5. The van der Waals surface area contributed by atoms with Crippen LogP contribution in [-0.4, -0.2) is 21.5 Å². The van der Waals surface area contributed by atoms with Crippen molar-refractivity contribution in [1.29, 1.82) is 0 Å². The molecule has 2 heterocycles. The minimum Gasteiger partial charge on any atom is -0.370 e. The lowest BCUT2D eigenvalue weighted by molar-refractivity contribution is 0.933. The quantitative estimate of drug-likeness (QED) is 0.903. The van der Waals surface area contributed by atoms with E-state index in [1.54, 1.807) is 11.3 Å². The maximum Gasteiger partial charge on any atom is 0.132 e. The fourth-order valence-electron chi connectivity index (χ4n) is 1.68. The number of rotatable bonds is 4. The summed E-state index contributed by atoms with van der Waals surface area (Å²) in [6, 6.07) is 0. The van der Waals surface area contributed by atoms with Crippen molar-refractivity contribution in [2.75, 3.05) is 11.9 Å². The van der Waals surface area contributed by atoms with E-state index in [4.69, 9.17) is 0 Å². The Bertz CT molecular complexity index is 493. The van der Waals surface area contributed by atoms with Crippen LogP contribution >= 0.6 is 11.3 Å². The van der Waals surface area contributed by atoms with Gasteiger partial charge in [0.1, 0.15) is 11.6 Å². The van der Waals surface area contributed by atoms with Crippen LogP contribution in [0.3, 0.4) is 0 Å². The molecule has 1 N–H and O–H groups in total. The molecule has 0 aliphatic heterocycles. The largest absolute Gasteiger partial charge is 0.370 e. The third kappa shape index (κ3) is 2.79. The van der Waals surface area contributed by atoms with Gasteiger partial charge < -0.3 is 5.32 Å². The number of nitrogens with zero attached hydrogens (tertiary/aromatic N) is 3. The van der Waals surface area contributed by atoms with Crippen LogP contribution in [0.2, 0.25) is 0 Å². The lowest BCUT2D eigenvalue weighted by Gasteiger charge is -2.11. The van der Waals surface area contributed by atoms with Crippen molar-refractivity contribution in [3.05, 3.63) is 33.7 Å². The molecule has 17 heavy (non-hydrogen) atoms. The Morgan fingerprint density at radius 2 is 2.12 bits per heavy atom. The van der Waals surface area contributed by atoms with E-state index in [0.717, 1.165) is 40.9 Å². The molecular formula is C12H16N4S. The van der Waals surface area contributed by atoms with E-state index in [-0.39, 0.29) is 0 Å². The topological polar surface area (TPSA) is 50.7 Å². The van der Waals surface area contributed by atoms with Gasteiger partial charge in [-0.05, 0) is 20.8 Å². The van der Waals surface area contributed by atoms with Gasteiger partial charge >= 0.3 is 0 Å². The first-order valence-electron chi connectivity index (χ1n) is 5.67. The van der Waals surface area contributed by atoms with Crippen molar-refractivity contribution in [2.24, 2.45) is 0 Å². The van der Waals surface area contributed by atoms with E-state index >= 15 is 0 Å². The van der Waals surface area contributed by atoms with E-state index in [9.17, 15) is 0 Å². The number of thiazole rings is 1. The zero-order valence-electron chi connectivity index (χ0n) is 10.3. The van der Waals surface area contributed by atoms with Crippen LogP contribution < -0.4 is 5.32 Å². The highest BCUT2D eigenvalue weighted by Gasteiger charge is 2.10. The second-order valence-corrected chi connectivity index (χ2v) is 4.80. The summed E-state index contributed by atoms with van der Waals surface area (Å²) in [7, 11) is 0. The van der Waals surface area contributed by atoms with Crippen molar-refractivity contribution < 1.29 is 0 Å². The van der Waals surface area contributed by atoms with Crippen LogP contribution in [0.5, 0.6) is 0 Å². The molecule has 0 fully saturated rings. The molecule has 0 aliphatic rings. The van der Waals surface area contributed by atoms with Gasteiger partial charge in [-0.1, -0.05) is 0 Å². The van der Waals surface area contributed by atoms with Crippen LogP contribution in [-0.2, 0) is 6.42 Å². The van der Waals surface area contributed by atoms with Gasteiger partial charge in [0.2, 0.25) is 0 Å². The van der Waals surface area contributed by atoms with Gasteiger partial charge in [-0.25, -0.2) is 15.0 Å². The highest BCUT2D eigenvalue weighted by molar-refractivity contribution is 7.09. The molecule has 4 nitrogen and oxygen atoms in total. The smallest absolute Gasteiger partial charge is 0.132 e. The lowest BCUT2D eigenvalue weighted by atomic mass is 10.2. The minimum atomic E-state index is 0.783. The third-order valence-corrected chi connectivity index (χ3v) is 3.28. The fraction of sp³-hybridized carbons (Fsp3) is 0.417. The summed E-state index contributed by atoms with van der Waals surface area (Å²) in [6.45, 7) is 6.91. The maximum atomic E-state index is 4.51. The van der Waals surface area contributed by atoms with Gasteiger partial charge in [-0.3, -0.25) is 0 Å². The Balaban J connectivity index is 2.32. The maximum absolute atomic E-state index is 4.51. The molecule has 5 heteroatoms. The fourth-order valence-corrected chi connectivity index (χ4v) is 2.30. The average Bonchev–Trinajstić information content (AvgIpc) is 2.78. The van der Waals surface area contributed by atoms with Crippen LogP contribution in [0, 0.1) is 13.8 Å². The van der Waals surface area contributed by atoms with Gasteiger partial charge in [0.05, 0.1) is 10.7 Å². The Kier molecular flexibility index (Phi) is 3.68. The molecule has 2 rings (SSSR count). The summed E-state index contributed by atoms with van der Waals surface area (Å²) in [5, 5.41) is 6.35. The van der Waals surface area contributed by atoms with E-state index in [0.29, 0.717) is 0 Å². The molecule has 0 spiro atoms. The number of anilines is 1. The van der Waals surface area contributed by atoms with E-state index in [1.807, 2.05) is 18.5 Å². The summed E-state index contributed by atoms with van der Waals surface area (Å²) in [4.78, 5) is 13.2. The second kappa shape index (κ2) is 5.23. The van der Waals surface area contributed by atoms with E-state index < -0.39 is 0 Å². The Morgan fingerprint density at radius 1 is 1.29 bits per heavy atom. The minimum absolute atomic E-state index is 0.783. The summed E-state index contributed by atoms with van der Waals surface area (Å²) in [5.74, 6) is 1.74. The van der Waals surface area contributed by atoms with Crippen molar-refractivity contribution >= 4 is 17.2 Å². The predicted molar refractivity (Wildman–Crippen MR) is 70.6 cm³/mol. The van der Waals surface area contributed by atoms with Gasteiger partial charge in [0.15, 0.2) is 0 Å². The van der Waals surface area contributed by atoms with Crippen molar-refractivity contribution in [2.45, 2.75) is 27.2 Å². The predicted octanol–water partition coefficient (Wildman–Crippen LogP) is 2.57. The molecular weight excluding hydrogens is 232 g/mol. The molecule has 0 atom stereocenters. The Morgan fingerprint density at radius 3 is 2.76 bits per heavy atom. The van der Waals surface area contributed by atoms with Crippen LogP contribution in [0.1, 0.15) is 29.0 Å². The monoisotopic (exact) mass is 248 g/mol. The lowest BCUT2D eigenvalue weighted by Crippen LogP contribution is -2.08. The summed E-state index contributed by atoms with van der Waals surface area (Å²) >= 11 is 1.66. The molecule has 0 aromatic carbocycles. The highest BCUT2D eigenvalue weighted by Crippen LogP contribution is 2.19. The number of nitrogens with one attached hydrogen (secondary N) is 1. The van der Waals surface area contributed by atoms with Crippen molar-refractivity contribution in [3.63, 3.8) is 0 Å². The zero-order valence-corrected chi connectivity index (χ0v) is 11.1. The summed E-state index contributed by atoms with van der Waals surface area (Å²) in [6.07, 6.45) is 2.61.